The molecule has 8 nitrogen and oxygen atoms in total. The smallest absolute Gasteiger partial charge is 0.257 e. The molecule has 1 aliphatic heterocycles. The van der Waals surface area contributed by atoms with Gasteiger partial charge in [0.05, 0.1) is 17.3 Å². The maximum Gasteiger partial charge on any atom is 0.257 e. The van der Waals surface area contributed by atoms with Crippen molar-refractivity contribution in [3.63, 3.8) is 0 Å². The molecule has 0 spiro atoms. The van der Waals surface area contributed by atoms with Crippen molar-refractivity contribution in [3.8, 4) is 11.5 Å². The predicted octanol–water partition coefficient (Wildman–Crippen LogP) is 4.21. The maximum absolute atomic E-state index is 13.6. The zero-order valence-corrected chi connectivity index (χ0v) is 20.7. The summed E-state index contributed by atoms with van der Waals surface area (Å²) in [6.07, 6.45) is 1.71. The van der Waals surface area contributed by atoms with Crippen LogP contribution in [0, 0.1) is 18.6 Å². The largest absolute Gasteiger partial charge is 0.351 e. The molecule has 194 valence electrons. The van der Waals surface area contributed by atoms with Crippen LogP contribution in [0.25, 0.3) is 11.5 Å². The van der Waals surface area contributed by atoms with Gasteiger partial charge in [-0.2, -0.15) is 4.98 Å². The van der Waals surface area contributed by atoms with Crippen molar-refractivity contribution >= 4 is 11.8 Å². The Morgan fingerprint density at radius 3 is 2.26 bits per heavy atom. The number of benzene rings is 2. The molecule has 38 heavy (non-hydrogen) atoms. The van der Waals surface area contributed by atoms with Gasteiger partial charge in [-0.3, -0.25) is 14.6 Å². The Hall–Kier alpha value is -4.47. The number of rotatable bonds is 6. The molecule has 0 atom stereocenters. The molecule has 1 saturated heterocycles. The van der Waals surface area contributed by atoms with E-state index in [4.69, 9.17) is 4.52 Å². The van der Waals surface area contributed by atoms with Crippen molar-refractivity contribution < 1.29 is 22.9 Å². The van der Waals surface area contributed by atoms with Crippen LogP contribution in [0.3, 0.4) is 0 Å². The first-order valence-corrected chi connectivity index (χ1v) is 12.2. The molecule has 0 radical (unpaired) electrons. The SMILES string of the molecule is Cc1noc(-c2ccc(C(=O)N3CCC(C(=O)NCc4ccc(F)cc4)(c4ccc(F)cn4)CC3)cc2)n1. The van der Waals surface area contributed by atoms with Crippen LogP contribution in [0.15, 0.2) is 71.4 Å². The Bertz CT molecular complexity index is 1430. The summed E-state index contributed by atoms with van der Waals surface area (Å²) < 4.78 is 32.0. The maximum atomic E-state index is 13.6. The van der Waals surface area contributed by atoms with Crippen molar-refractivity contribution in [3.05, 3.63) is 101 Å². The van der Waals surface area contributed by atoms with E-state index in [2.05, 4.69) is 20.4 Å². The van der Waals surface area contributed by atoms with E-state index >= 15 is 0 Å². The van der Waals surface area contributed by atoms with Crippen LogP contribution in [-0.2, 0) is 16.8 Å². The molecule has 2 amide bonds. The highest BCUT2D eigenvalue weighted by atomic mass is 19.1. The second-order valence-corrected chi connectivity index (χ2v) is 9.27. The van der Waals surface area contributed by atoms with E-state index in [1.165, 1.54) is 24.3 Å². The Morgan fingerprint density at radius 1 is 0.974 bits per heavy atom. The monoisotopic (exact) mass is 517 g/mol. The summed E-state index contributed by atoms with van der Waals surface area (Å²) in [5.41, 5.74) is 1.36. The van der Waals surface area contributed by atoms with Gasteiger partial charge < -0.3 is 14.7 Å². The van der Waals surface area contributed by atoms with E-state index < -0.39 is 11.2 Å². The van der Waals surface area contributed by atoms with Crippen molar-refractivity contribution in [2.45, 2.75) is 31.7 Å². The number of nitrogens with one attached hydrogen (secondary N) is 1. The van der Waals surface area contributed by atoms with Gasteiger partial charge in [0.25, 0.3) is 11.8 Å². The van der Waals surface area contributed by atoms with Crippen molar-refractivity contribution in [1.29, 1.82) is 0 Å². The number of halogens is 2. The standard InChI is InChI=1S/C28H25F2N5O3/c1-18-33-25(38-34-18)20-4-6-21(7-5-20)26(36)35-14-12-28(13-15-35,24-11-10-23(30)17-31-24)27(37)32-16-19-2-8-22(29)9-3-19/h2-11,17H,12-16H2,1H3,(H,32,37). The minimum absolute atomic E-state index is 0.161. The molecule has 0 unspecified atom stereocenters. The molecule has 1 N–H and O–H groups in total. The van der Waals surface area contributed by atoms with Gasteiger partial charge in [0.2, 0.25) is 5.91 Å². The highest BCUT2D eigenvalue weighted by molar-refractivity contribution is 5.95. The normalized spacial score (nSPS) is 14.8. The number of carbonyl (C=O) groups is 2. The van der Waals surface area contributed by atoms with Crippen LogP contribution in [0.1, 0.15) is 40.3 Å². The van der Waals surface area contributed by atoms with Crippen molar-refractivity contribution in [2.75, 3.05) is 13.1 Å². The van der Waals surface area contributed by atoms with E-state index in [1.807, 2.05) is 0 Å². The topological polar surface area (TPSA) is 101 Å². The summed E-state index contributed by atoms with van der Waals surface area (Å²) in [6.45, 7) is 2.56. The minimum atomic E-state index is -1.04. The van der Waals surface area contributed by atoms with Gasteiger partial charge in [-0.25, -0.2) is 8.78 Å². The summed E-state index contributed by atoms with van der Waals surface area (Å²) >= 11 is 0. The number of hydrogen-bond acceptors (Lipinski definition) is 6. The number of carbonyl (C=O) groups excluding carboxylic acids is 2. The fraction of sp³-hybridized carbons (Fsp3) is 0.250. The number of pyridine rings is 1. The van der Waals surface area contributed by atoms with Crippen LogP contribution in [0.2, 0.25) is 0 Å². The quantitative estimate of drug-likeness (QED) is 0.411. The van der Waals surface area contributed by atoms with Crippen molar-refractivity contribution in [2.24, 2.45) is 0 Å². The number of aromatic nitrogens is 3. The Labute approximate surface area is 217 Å². The highest BCUT2D eigenvalue weighted by Gasteiger charge is 2.45. The first-order valence-electron chi connectivity index (χ1n) is 12.2. The number of hydrogen-bond donors (Lipinski definition) is 1. The second-order valence-electron chi connectivity index (χ2n) is 9.27. The van der Waals surface area contributed by atoms with Gasteiger partial charge in [0, 0.05) is 30.8 Å². The molecule has 0 bridgehead atoms. The molecule has 0 saturated carbocycles. The van der Waals surface area contributed by atoms with Gasteiger partial charge in [0.1, 0.15) is 11.6 Å². The first kappa shape index (κ1) is 25.2. The lowest BCUT2D eigenvalue weighted by molar-refractivity contribution is -0.128. The molecular weight excluding hydrogens is 492 g/mol. The summed E-state index contributed by atoms with van der Waals surface area (Å²) in [6, 6.07) is 15.6. The zero-order valence-electron chi connectivity index (χ0n) is 20.7. The van der Waals surface area contributed by atoms with Crippen LogP contribution in [0.4, 0.5) is 8.78 Å². The van der Waals surface area contributed by atoms with Gasteiger partial charge in [-0.05, 0) is 73.9 Å². The average molecular weight is 518 g/mol. The molecule has 4 aromatic rings. The average Bonchev–Trinajstić information content (AvgIpc) is 3.39. The minimum Gasteiger partial charge on any atom is -0.351 e. The lowest BCUT2D eigenvalue weighted by Gasteiger charge is -2.40. The van der Waals surface area contributed by atoms with Crippen molar-refractivity contribution in [1.82, 2.24) is 25.3 Å². The van der Waals surface area contributed by atoms with E-state index in [9.17, 15) is 18.4 Å². The summed E-state index contributed by atoms with van der Waals surface area (Å²) in [5, 5.41) is 6.70. The number of nitrogens with zero attached hydrogens (tertiary/aromatic N) is 4. The van der Waals surface area contributed by atoms with Crippen LogP contribution < -0.4 is 5.32 Å². The third-order valence-corrected chi connectivity index (χ3v) is 6.83. The van der Waals surface area contributed by atoms with E-state index in [0.29, 0.717) is 54.5 Å². The van der Waals surface area contributed by atoms with Crippen LogP contribution >= 0.6 is 0 Å². The number of piperidine rings is 1. The molecule has 5 rings (SSSR count). The molecule has 0 aliphatic carbocycles. The lowest BCUT2D eigenvalue weighted by Crippen LogP contribution is -2.53. The molecule has 2 aromatic carbocycles. The molecule has 3 heterocycles. The molecule has 1 fully saturated rings. The predicted molar refractivity (Wildman–Crippen MR) is 134 cm³/mol. The Balaban J connectivity index is 1.31. The lowest BCUT2D eigenvalue weighted by atomic mass is 9.74. The highest BCUT2D eigenvalue weighted by Crippen LogP contribution is 2.35. The Kier molecular flexibility index (Phi) is 6.95. The molecule has 10 heteroatoms. The van der Waals surface area contributed by atoms with E-state index in [-0.39, 0.29) is 24.2 Å². The molecular formula is C28H25F2N5O3. The third kappa shape index (κ3) is 5.15. The van der Waals surface area contributed by atoms with Gasteiger partial charge >= 0.3 is 0 Å². The number of amides is 2. The zero-order chi connectivity index (χ0) is 26.7. The van der Waals surface area contributed by atoms with Gasteiger partial charge in [0.15, 0.2) is 5.82 Å². The third-order valence-electron chi connectivity index (χ3n) is 6.83. The fourth-order valence-corrected chi connectivity index (χ4v) is 4.66. The van der Waals surface area contributed by atoms with E-state index in [0.717, 1.165) is 11.8 Å². The van der Waals surface area contributed by atoms with Crippen LogP contribution in [-0.4, -0.2) is 44.9 Å². The summed E-state index contributed by atoms with van der Waals surface area (Å²) in [4.78, 5) is 36.9. The first-order chi connectivity index (χ1) is 18.3. The molecule has 2 aromatic heterocycles. The van der Waals surface area contributed by atoms with Crippen LogP contribution in [0.5, 0.6) is 0 Å². The van der Waals surface area contributed by atoms with Gasteiger partial charge in [-0.1, -0.05) is 17.3 Å². The summed E-state index contributed by atoms with van der Waals surface area (Å²) in [5.74, 6) is -0.388. The number of aryl methyl sites for hydroxylation is 1. The molecule has 1 aliphatic rings. The van der Waals surface area contributed by atoms with Gasteiger partial charge in [-0.15, -0.1) is 0 Å². The van der Waals surface area contributed by atoms with E-state index in [1.54, 1.807) is 48.2 Å². The number of likely N-dealkylation sites (tertiary alicyclic amines) is 1. The second kappa shape index (κ2) is 10.5. The summed E-state index contributed by atoms with van der Waals surface area (Å²) in [7, 11) is 0. The fourth-order valence-electron chi connectivity index (χ4n) is 4.66. The Morgan fingerprint density at radius 2 is 1.66 bits per heavy atom.